The first-order chi connectivity index (χ1) is 7.31. The van der Waals surface area contributed by atoms with Gasteiger partial charge in [0, 0.05) is 12.1 Å². The Morgan fingerprint density at radius 3 is 2.47 bits per heavy atom. The van der Waals surface area contributed by atoms with E-state index in [1.807, 2.05) is 0 Å². The van der Waals surface area contributed by atoms with E-state index in [9.17, 15) is 0 Å². The minimum Gasteiger partial charge on any atom is -0.330 e. The SMILES string of the molecule is CC1CCCCC1NC1CCCC1CN. The summed E-state index contributed by atoms with van der Waals surface area (Å²) < 4.78 is 0. The molecule has 0 radical (unpaired) electrons. The molecule has 4 atom stereocenters. The second-order valence-corrected chi connectivity index (χ2v) is 5.57. The molecule has 15 heavy (non-hydrogen) atoms. The predicted molar refractivity (Wildman–Crippen MR) is 64.7 cm³/mol. The van der Waals surface area contributed by atoms with Gasteiger partial charge in [-0.3, -0.25) is 0 Å². The van der Waals surface area contributed by atoms with Gasteiger partial charge in [-0.25, -0.2) is 0 Å². The van der Waals surface area contributed by atoms with Crippen LogP contribution >= 0.6 is 0 Å². The van der Waals surface area contributed by atoms with Crippen LogP contribution < -0.4 is 11.1 Å². The summed E-state index contributed by atoms with van der Waals surface area (Å²) in [7, 11) is 0. The zero-order chi connectivity index (χ0) is 10.7. The number of hydrogen-bond acceptors (Lipinski definition) is 2. The largest absolute Gasteiger partial charge is 0.330 e. The molecular weight excluding hydrogens is 184 g/mol. The first-order valence-corrected chi connectivity index (χ1v) is 6.77. The van der Waals surface area contributed by atoms with Crippen LogP contribution in [0.4, 0.5) is 0 Å². The normalized spacial score (nSPS) is 42.0. The summed E-state index contributed by atoms with van der Waals surface area (Å²) in [6.07, 6.45) is 9.72. The molecule has 2 nitrogen and oxygen atoms in total. The summed E-state index contributed by atoms with van der Waals surface area (Å²) in [6.45, 7) is 3.28. The van der Waals surface area contributed by atoms with Gasteiger partial charge in [0.25, 0.3) is 0 Å². The van der Waals surface area contributed by atoms with Crippen LogP contribution in [-0.4, -0.2) is 18.6 Å². The average Bonchev–Trinajstić information content (AvgIpc) is 2.69. The fourth-order valence-electron chi connectivity index (χ4n) is 3.38. The van der Waals surface area contributed by atoms with Crippen LogP contribution in [0.3, 0.4) is 0 Å². The van der Waals surface area contributed by atoms with Crippen molar-refractivity contribution < 1.29 is 0 Å². The molecule has 4 unspecified atom stereocenters. The molecule has 0 aromatic carbocycles. The molecule has 3 N–H and O–H groups in total. The fraction of sp³-hybridized carbons (Fsp3) is 1.00. The van der Waals surface area contributed by atoms with Gasteiger partial charge in [-0.05, 0) is 44.1 Å². The van der Waals surface area contributed by atoms with Crippen LogP contribution in [0, 0.1) is 11.8 Å². The first kappa shape index (κ1) is 11.4. The second-order valence-electron chi connectivity index (χ2n) is 5.57. The van der Waals surface area contributed by atoms with Crippen LogP contribution in [0.15, 0.2) is 0 Å². The minimum atomic E-state index is 0.723. The maximum atomic E-state index is 5.82. The third kappa shape index (κ3) is 2.73. The Morgan fingerprint density at radius 1 is 1.00 bits per heavy atom. The van der Waals surface area contributed by atoms with Crippen LogP contribution in [0.5, 0.6) is 0 Å². The van der Waals surface area contributed by atoms with Gasteiger partial charge in [-0.1, -0.05) is 26.2 Å². The van der Waals surface area contributed by atoms with Crippen molar-refractivity contribution in [1.29, 1.82) is 0 Å². The molecular formula is C13H26N2. The van der Waals surface area contributed by atoms with E-state index >= 15 is 0 Å². The summed E-state index contributed by atoms with van der Waals surface area (Å²) in [5.74, 6) is 1.62. The molecule has 0 bridgehead atoms. The Hall–Kier alpha value is -0.0800. The highest BCUT2D eigenvalue weighted by Crippen LogP contribution is 2.29. The molecule has 2 aliphatic rings. The smallest absolute Gasteiger partial charge is 0.0110 e. The molecule has 0 saturated heterocycles. The highest BCUT2D eigenvalue weighted by atomic mass is 15.0. The van der Waals surface area contributed by atoms with Crippen molar-refractivity contribution in [2.75, 3.05) is 6.54 Å². The highest BCUT2D eigenvalue weighted by Gasteiger charge is 2.30. The third-order valence-electron chi connectivity index (χ3n) is 4.50. The molecule has 88 valence electrons. The van der Waals surface area contributed by atoms with Gasteiger partial charge in [-0.15, -0.1) is 0 Å². The molecule has 0 aromatic heterocycles. The predicted octanol–water partition coefficient (Wildman–Crippen LogP) is 2.28. The van der Waals surface area contributed by atoms with E-state index in [4.69, 9.17) is 5.73 Å². The zero-order valence-electron chi connectivity index (χ0n) is 10.0. The molecule has 2 aliphatic carbocycles. The van der Waals surface area contributed by atoms with Gasteiger partial charge in [0.05, 0.1) is 0 Å². The van der Waals surface area contributed by atoms with Crippen LogP contribution in [0.25, 0.3) is 0 Å². The maximum absolute atomic E-state index is 5.82. The lowest BCUT2D eigenvalue weighted by Gasteiger charge is -2.34. The standard InChI is InChI=1S/C13H26N2/c1-10-5-2-3-7-12(10)15-13-8-4-6-11(13)9-14/h10-13,15H,2-9,14H2,1H3. The Kier molecular flexibility index (Phi) is 4.04. The zero-order valence-corrected chi connectivity index (χ0v) is 10.0. The molecule has 0 spiro atoms. The highest BCUT2D eigenvalue weighted by molar-refractivity contribution is 4.88. The lowest BCUT2D eigenvalue weighted by molar-refractivity contribution is 0.240. The van der Waals surface area contributed by atoms with Crippen molar-refractivity contribution in [3.05, 3.63) is 0 Å². The summed E-state index contributed by atoms with van der Waals surface area (Å²) >= 11 is 0. The van der Waals surface area contributed by atoms with E-state index in [0.717, 1.165) is 30.5 Å². The quantitative estimate of drug-likeness (QED) is 0.750. The molecule has 0 aromatic rings. The van der Waals surface area contributed by atoms with Crippen molar-refractivity contribution in [1.82, 2.24) is 5.32 Å². The Balaban J connectivity index is 1.84. The van der Waals surface area contributed by atoms with Crippen molar-refractivity contribution in [2.45, 2.75) is 64.0 Å². The Morgan fingerprint density at radius 2 is 1.73 bits per heavy atom. The topological polar surface area (TPSA) is 38.0 Å². The van der Waals surface area contributed by atoms with Gasteiger partial charge >= 0.3 is 0 Å². The summed E-state index contributed by atoms with van der Waals surface area (Å²) in [5, 5.41) is 3.89. The lowest BCUT2D eigenvalue weighted by Crippen LogP contribution is -2.46. The first-order valence-electron chi connectivity index (χ1n) is 6.77. The summed E-state index contributed by atoms with van der Waals surface area (Å²) in [4.78, 5) is 0. The number of nitrogens with one attached hydrogen (secondary N) is 1. The summed E-state index contributed by atoms with van der Waals surface area (Å²) in [5.41, 5.74) is 5.82. The minimum absolute atomic E-state index is 0.723. The Labute approximate surface area is 94.0 Å². The lowest BCUT2D eigenvalue weighted by atomic mass is 9.85. The Bertz CT molecular complexity index is 193. The molecule has 0 aliphatic heterocycles. The number of hydrogen-bond donors (Lipinski definition) is 2. The molecule has 2 saturated carbocycles. The van der Waals surface area contributed by atoms with E-state index in [2.05, 4.69) is 12.2 Å². The molecule has 2 heteroatoms. The van der Waals surface area contributed by atoms with Gasteiger partial charge in [0.1, 0.15) is 0 Å². The van der Waals surface area contributed by atoms with Crippen molar-refractivity contribution in [2.24, 2.45) is 17.6 Å². The van der Waals surface area contributed by atoms with Gasteiger partial charge < -0.3 is 11.1 Å². The third-order valence-corrected chi connectivity index (χ3v) is 4.50. The van der Waals surface area contributed by atoms with Crippen molar-refractivity contribution in [3.63, 3.8) is 0 Å². The van der Waals surface area contributed by atoms with Crippen LogP contribution in [-0.2, 0) is 0 Å². The van der Waals surface area contributed by atoms with Crippen LogP contribution in [0.2, 0.25) is 0 Å². The monoisotopic (exact) mass is 210 g/mol. The number of rotatable bonds is 3. The molecule has 2 rings (SSSR count). The van der Waals surface area contributed by atoms with Gasteiger partial charge in [-0.2, -0.15) is 0 Å². The van der Waals surface area contributed by atoms with Crippen LogP contribution in [0.1, 0.15) is 51.9 Å². The van der Waals surface area contributed by atoms with E-state index in [1.165, 1.54) is 44.9 Å². The second kappa shape index (κ2) is 5.31. The van der Waals surface area contributed by atoms with Gasteiger partial charge in [0.15, 0.2) is 0 Å². The van der Waals surface area contributed by atoms with E-state index < -0.39 is 0 Å². The van der Waals surface area contributed by atoms with E-state index in [0.29, 0.717) is 0 Å². The van der Waals surface area contributed by atoms with E-state index in [-0.39, 0.29) is 0 Å². The van der Waals surface area contributed by atoms with Gasteiger partial charge in [0.2, 0.25) is 0 Å². The van der Waals surface area contributed by atoms with E-state index in [1.54, 1.807) is 0 Å². The average molecular weight is 210 g/mol. The molecule has 2 fully saturated rings. The maximum Gasteiger partial charge on any atom is 0.0110 e. The number of nitrogens with two attached hydrogens (primary N) is 1. The fourth-order valence-corrected chi connectivity index (χ4v) is 3.38. The van der Waals surface area contributed by atoms with Crippen molar-refractivity contribution in [3.8, 4) is 0 Å². The molecule has 0 heterocycles. The summed E-state index contributed by atoms with van der Waals surface area (Å²) in [6, 6.07) is 1.50. The van der Waals surface area contributed by atoms with Crippen molar-refractivity contribution >= 4 is 0 Å². The molecule has 0 amide bonds.